The molecule has 13 heteroatoms. The predicted octanol–water partition coefficient (Wildman–Crippen LogP) is 3.85. The van der Waals surface area contributed by atoms with Crippen LogP contribution in [-0.4, -0.2) is 89.1 Å². The minimum atomic E-state index is -3.66. The highest BCUT2D eigenvalue weighted by Gasteiger charge is 2.71. The van der Waals surface area contributed by atoms with Crippen molar-refractivity contribution in [1.82, 2.24) is 26.2 Å². The van der Waals surface area contributed by atoms with Crippen LogP contribution < -0.4 is 21.3 Å². The number of rotatable bonds is 12. The first-order chi connectivity index (χ1) is 25.3. The van der Waals surface area contributed by atoms with E-state index in [-0.39, 0.29) is 41.5 Å². The van der Waals surface area contributed by atoms with E-state index in [0.29, 0.717) is 45.1 Å². The topological polar surface area (TPSA) is 171 Å². The number of piperidine rings is 1. The van der Waals surface area contributed by atoms with Gasteiger partial charge in [0.15, 0.2) is 9.84 Å². The number of amides is 5. The highest BCUT2D eigenvalue weighted by atomic mass is 32.2. The van der Waals surface area contributed by atoms with Crippen LogP contribution in [0.25, 0.3) is 0 Å². The summed E-state index contributed by atoms with van der Waals surface area (Å²) in [5, 5.41) is 10.9. The van der Waals surface area contributed by atoms with Crippen LogP contribution in [0.1, 0.15) is 111 Å². The molecule has 5 aliphatic rings. The van der Waals surface area contributed by atoms with Gasteiger partial charge in [0.05, 0.1) is 15.5 Å². The van der Waals surface area contributed by atoms with Gasteiger partial charge in [-0.05, 0) is 107 Å². The second-order valence-corrected chi connectivity index (χ2v) is 21.4. The van der Waals surface area contributed by atoms with Gasteiger partial charge in [-0.15, -0.1) is 0 Å². The van der Waals surface area contributed by atoms with Crippen LogP contribution in [0.15, 0.2) is 24.3 Å². The minimum absolute atomic E-state index is 0.0534. The normalized spacial score (nSPS) is 29.2. The fourth-order valence-electron chi connectivity index (χ4n) is 10.3. The molecule has 7 atom stereocenters. The van der Waals surface area contributed by atoms with E-state index in [1.54, 1.807) is 39.5 Å². The number of fused-ring (bicyclic) bond motifs is 2. The van der Waals surface area contributed by atoms with E-state index in [1.807, 2.05) is 31.2 Å². The fourth-order valence-corrected chi connectivity index (χ4v) is 12.2. The Kier molecular flexibility index (Phi) is 10.6. The van der Waals surface area contributed by atoms with E-state index >= 15 is 4.79 Å². The van der Waals surface area contributed by atoms with Gasteiger partial charge in [0.1, 0.15) is 17.6 Å². The molecule has 1 aliphatic heterocycles. The van der Waals surface area contributed by atoms with Gasteiger partial charge < -0.3 is 26.2 Å². The van der Waals surface area contributed by atoms with E-state index in [1.165, 1.54) is 0 Å². The Labute approximate surface area is 321 Å². The molecule has 3 saturated carbocycles. The quantitative estimate of drug-likeness (QED) is 0.234. The maximum Gasteiger partial charge on any atom is 0.315 e. The van der Waals surface area contributed by atoms with Crippen LogP contribution in [0.4, 0.5) is 4.79 Å². The molecular formula is C41H61N5O7S. The zero-order valence-corrected chi connectivity index (χ0v) is 34.2. The van der Waals surface area contributed by atoms with Crippen LogP contribution in [0, 0.1) is 29.1 Å². The molecule has 2 unspecified atom stereocenters. The van der Waals surface area contributed by atoms with Crippen LogP contribution in [0.5, 0.6) is 0 Å². The number of sulfone groups is 1. The third-order valence-electron chi connectivity index (χ3n) is 14.0. The summed E-state index contributed by atoms with van der Waals surface area (Å²) in [6.07, 6.45) is 5.58. The molecule has 1 aromatic carbocycles. The van der Waals surface area contributed by atoms with Crippen molar-refractivity contribution in [1.29, 1.82) is 0 Å². The predicted molar refractivity (Wildman–Crippen MR) is 206 cm³/mol. The number of nitrogens with one attached hydrogen (secondary N) is 4. The number of benzene rings is 1. The van der Waals surface area contributed by atoms with E-state index in [9.17, 15) is 27.6 Å². The van der Waals surface area contributed by atoms with Crippen molar-refractivity contribution in [3.05, 3.63) is 35.4 Å². The fraction of sp³-hybridized carbons (Fsp3) is 0.732. The molecule has 5 amide bonds. The average Bonchev–Trinajstić information content (AvgIpc) is 3.72. The zero-order chi connectivity index (χ0) is 39.6. The molecule has 12 nitrogen and oxygen atoms in total. The van der Waals surface area contributed by atoms with Crippen LogP contribution in [-0.2, 0) is 41.9 Å². The lowest BCUT2D eigenvalue weighted by molar-refractivity contribution is -0.145. The summed E-state index contributed by atoms with van der Waals surface area (Å²) in [6.45, 7) is 15.2. The Balaban J connectivity index is 1.29. The zero-order valence-electron chi connectivity index (χ0n) is 33.3. The third-order valence-corrected chi connectivity index (χ3v) is 17.1. The summed E-state index contributed by atoms with van der Waals surface area (Å²) < 4.78 is 26.6. The first-order valence-corrected chi connectivity index (χ1v) is 21.6. The lowest BCUT2D eigenvalue weighted by Crippen LogP contribution is -2.65. The van der Waals surface area contributed by atoms with Gasteiger partial charge in [0.25, 0.3) is 5.91 Å². The summed E-state index contributed by atoms with van der Waals surface area (Å²) in [6, 6.07) is 5.49. The molecule has 0 aromatic heterocycles. The first-order valence-electron chi connectivity index (χ1n) is 20.1. The number of hydrogen-bond donors (Lipinski definition) is 4. The summed E-state index contributed by atoms with van der Waals surface area (Å²) in [5.41, 5.74) is -0.329. The maximum atomic E-state index is 15.0. The Hall–Kier alpha value is -3.48. The first kappa shape index (κ1) is 40.2. The Morgan fingerprint density at radius 2 is 1.56 bits per heavy atom. The minimum Gasteiger partial charge on any atom is -0.350 e. The van der Waals surface area contributed by atoms with E-state index in [4.69, 9.17) is 0 Å². The summed E-state index contributed by atoms with van der Waals surface area (Å²) in [5.74, 6) is -2.79. The van der Waals surface area contributed by atoms with Crippen molar-refractivity contribution < 1.29 is 32.4 Å². The van der Waals surface area contributed by atoms with Gasteiger partial charge in [0, 0.05) is 13.1 Å². The highest BCUT2D eigenvalue weighted by Crippen LogP contribution is 2.65. The van der Waals surface area contributed by atoms with E-state index in [2.05, 4.69) is 35.1 Å². The Bertz CT molecular complexity index is 1770. The summed E-state index contributed by atoms with van der Waals surface area (Å²) in [4.78, 5) is 71.5. The number of nitrogens with zero attached hydrogens (tertiary/aromatic N) is 1. The molecule has 298 valence electrons. The van der Waals surface area contributed by atoms with Gasteiger partial charge in [-0.2, -0.15) is 0 Å². The smallest absolute Gasteiger partial charge is 0.315 e. The summed E-state index contributed by atoms with van der Waals surface area (Å²) in [7, 11) is -3.66. The van der Waals surface area contributed by atoms with Crippen LogP contribution >= 0.6 is 0 Å². The largest absolute Gasteiger partial charge is 0.350 e. The standard InChI is InChI=1S/C41H61N5O7S/c1-9-28-22-41(28,33(47)35(49)42-10-2)44-34(48)32-30-29(39(30,7)8)23-46(32)36(50)31(27-20-25-16-12-13-17-26(25)21-27)43-37(51)45-40(18-14-11-15-19-40)24(3)54(52,53)38(4,5)6/h12-13,16-17,24,27-32H,9-11,14-15,18-23H2,1-8H3,(H,42,49)(H,44,48)(H2,43,45,51)/t24-,28?,29+,30+,31-,32+,41?/m1/s1. The van der Waals surface area contributed by atoms with Gasteiger partial charge >= 0.3 is 6.03 Å². The lowest BCUT2D eigenvalue weighted by atomic mass is 9.79. The van der Waals surface area contributed by atoms with Crippen LogP contribution in [0.2, 0.25) is 0 Å². The van der Waals surface area contributed by atoms with Crippen LogP contribution in [0.3, 0.4) is 0 Å². The number of Topliss-reactive ketones (excluding diaryl/α,β-unsaturated/α-hetero) is 1. The van der Waals surface area contributed by atoms with Gasteiger partial charge in [-0.25, -0.2) is 13.2 Å². The van der Waals surface area contributed by atoms with Gasteiger partial charge in [-0.3, -0.25) is 19.2 Å². The molecule has 4 aliphatic carbocycles. The van der Waals surface area contributed by atoms with E-state index < -0.39 is 66.6 Å². The number of urea groups is 1. The number of carbonyl (C=O) groups excluding carboxylic acids is 5. The Morgan fingerprint density at radius 1 is 0.944 bits per heavy atom. The van der Waals surface area contributed by atoms with Crippen molar-refractivity contribution in [3.8, 4) is 0 Å². The van der Waals surface area contributed by atoms with Crippen molar-refractivity contribution in [2.45, 2.75) is 146 Å². The molecule has 54 heavy (non-hydrogen) atoms. The molecule has 0 radical (unpaired) electrons. The molecule has 0 spiro atoms. The monoisotopic (exact) mass is 767 g/mol. The number of hydrogen-bond acceptors (Lipinski definition) is 7. The van der Waals surface area contributed by atoms with Gasteiger partial charge in [-0.1, -0.05) is 70.7 Å². The summed E-state index contributed by atoms with van der Waals surface area (Å²) >= 11 is 0. The highest BCUT2D eigenvalue weighted by molar-refractivity contribution is 7.93. The SMILES string of the molecule is CCNC(=O)C(=O)C1(NC(=O)[C@@H]2[C@@H]3[C@H](CN2C(=O)[C@H](NC(=O)NC2([C@@H](C)S(=O)(=O)C(C)(C)C)CCCCC2)C2Cc4ccccc4C2)C3(C)C)CC1CC. The van der Waals surface area contributed by atoms with Crippen molar-refractivity contribution in [3.63, 3.8) is 0 Å². The molecule has 1 heterocycles. The second-order valence-electron chi connectivity index (χ2n) is 18.4. The van der Waals surface area contributed by atoms with Crippen molar-refractivity contribution in [2.24, 2.45) is 29.1 Å². The Morgan fingerprint density at radius 3 is 2.09 bits per heavy atom. The molecule has 1 saturated heterocycles. The molecular weight excluding hydrogens is 707 g/mol. The maximum absolute atomic E-state index is 15.0. The number of ketones is 1. The number of carbonyl (C=O) groups is 5. The van der Waals surface area contributed by atoms with Crippen molar-refractivity contribution >= 4 is 39.4 Å². The molecule has 4 fully saturated rings. The second kappa shape index (κ2) is 14.2. The molecule has 6 rings (SSSR count). The lowest BCUT2D eigenvalue weighted by Gasteiger charge is -2.44. The average molecular weight is 768 g/mol. The molecule has 0 bridgehead atoms. The van der Waals surface area contributed by atoms with Gasteiger partial charge in [0.2, 0.25) is 17.6 Å². The molecule has 4 N–H and O–H groups in total. The van der Waals surface area contributed by atoms with Crippen molar-refractivity contribution in [2.75, 3.05) is 13.1 Å². The molecule has 1 aromatic rings. The third kappa shape index (κ3) is 6.84. The van der Waals surface area contributed by atoms with E-state index in [0.717, 1.165) is 30.4 Å². The number of likely N-dealkylation sites (tertiary alicyclic amines) is 1. The number of likely N-dealkylation sites (N-methyl/N-ethyl adjacent to an activating group) is 1.